The average molecular weight is 832 g/mol. The summed E-state index contributed by atoms with van der Waals surface area (Å²) < 4.78 is 63.5. The molecule has 0 aliphatic heterocycles. The number of hydrogen-bond donors (Lipinski definition) is 0. The second-order valence-electron chi connectivity index (χ2n) is 17.0. The number of ether oxygens (including phenoxy) is 1. The Hall–Kier alpha value is -8.22. The molecule has 0 radical (unpaired) electrons. The number of hydrogen-bond acceptors (Lipinski definition) is 3. The summed E-state index contributed by atoms with van der Waals surface area (Å²) in [6.07, 6.45) is 5.53. The quantitative estimate of drug-likeness (QED) is 0.119. The number of pyridine rings is 1. The minimum absolute atomic E-state index is 0.0579. The van der Waals surface area contributed by atoms with Crippen LogP contribution in [-0.4, -0.2) is 14.1 Å². The average Bonchev–Trinajstić information content (AvgIpc) is 4.05. The van der Waals surface area contributed by atoms with Gasteiger partial charge >= 0.3 is 0 Å². The summed E-state index contributed by atoms with van der Waals surface area (Å²) in [7, 11) is 0. The van der Waals surface area contributed by atoms with E-state index in [-0.39, 0.29) is 23.1 Å². The van der Waals surface area contributed by atoms with Crippen LogP contribution in [0.25, 0.3) is 94.2 Å². The maximum Gasteiger partial charge on any atom is 0.269 e. The van der Waals surface area contributed by atoms with Gasteiger partial charge in [0, 0.05) is 39.4 Å². The zero-order chi connectivity index (χ0) is 47.3. The molecule has 0 bridgehead atoms. The van der Waals surface area contributed by atoms with E-state index in [1.54, 1.807) is 6.07 Å². The van der Waals surface area contributed by atoms with Crippen LogP contribution in [-0.2, 0) is 5.41 Å². The normalized spacial score (nSPS) is 13.1. The molecule has 4 heterocycles. The Morgan fingerprint density at radius 2 is 1.31 bits per heavy atom. The van der Waals surface area contributed by atoms with Gasteiger partial charge in [-0.3, -0.25) is 13.7 Å². The van der Waals surface area contributed by atoms with Crippen molar-refractivity contribution in [2.24, 2.45) is 0 Å². The predicted molar refractivity (Wildman–Crippen MR) is 259 cm³/mol. The Balaban J connectivity index is 1.03. The Morgan fingerprint density at radius 3 is 2.19 bits per heavy atom. The molecule has 0 aliphatic rings. The van der Waals surface area contributed by atoms with Crippen molar-refractivity contribution in [2.45, 2.75) is 26.2 Å². The lowest BCUT2D eigenvalue weighted by molar-refractivity contribution is -0.571. The number of nitrogens with zero attached hydrogens (tertiary/aromatic N) is 4. The van der Waals surface area contributed by atoms with Crippen molar-refractivity contribution in [3.63, 3.8) is 0 Å². The van der Waals surface area contributed by atoms with Crippen molar-refractivity contribution < 1.29 is 20.6 Å². The predicted octanol–water partition coefficient (Wildman–Crippen LogP) is 14.5. The molecular weight excluding hydrogens is 785 g/mol. The monoisotopic (exact) mass is 831 g/mol. The first-order chi connectivity index (χ1) is 33.4. The summed E-state index contributed by atoms with van der Waals surface area (Å²) in [5, 5.41) is 4.12. The molecule has 0 aliphatic carbocycles. The summed E-state index contributed by atoms with van der Waals surface area (Å²) in [5.74, 6) is 2.10. The molecule has 0 N–H and O–H groups in total. The number of fused-ring (bicyclic) bond motifs is 7. The van der Waals surface area contributed by atoms with E-state index in [1.165, 1.54) is 5.56 Å². The van der Waals surface area contributed by atoms with Crippen LogP contribution in [0.3, 0.4) is 0 Å². The van der Waals surface area contributed by atoms with Crippen LogP contribution < -0.4 is 9.30 Å². The van der Waals surface area contributed by atoms with Gasteiger partial charge in [-0.2, -0.15) is 0 Å². The molecule has 0 spiro atoms. The molecule has 0 saturated carbocycles. The van der Waals surface area contributed by atoms with E-state index in [9.17, 15) is 0 Å². The van der Waals surface area contributed by atoms with Gasteiger partial charge < -0.3 is 9.15 Å². The van der Waals surface area contributed by atoms with E-state index in [0.717, 1.165) is 71.8 Å². The van der Waals surface area contributed by atoms with Crippen LogP contribution in [0.2, 0.25) is 0 Å². The number of imidazole rings is 1. The second kappa shape index (κ2) is 14.7. The van der Waals surface area contributed by atoms with Gasteiger partial charge in [0.05, 0.1) is 40.3 Å². The molecule has 0 unspecified atom stereocenters. The van der Waals surface area contributed by atoms with Gasteiger partial charge in [-0.1, -0.05) is 154 Å². The fourth-order valence-electron chi connectivity index (χ4n) is 9.05. The van der Waals surface area contributed by atoms with Gasteiger partial charge in [0.15, 0.2) is 0 Å². The minimum atomic E-state index is -0.457. The van der Waals surface area contributed by atoms with Crippen LogP contribution in [0.4, 0.5) is 0 Å². The molecule has 0 atom stereocenters. The molecule has 0 amide bonds. The second-order valence-corrected chi connectivity index (χ2v) is 17.0. The first kappa shape index (κ1) is 32.5. The van der Waals surface area contributed by atoms with Crippen molar-refractivity contribution >= 4 is 54.8 Å². The van der Waals surface area contributed by atoms with Gasteiger partial charge in [-0.15, -0.1) is 0 Å². The fraction of sp³-hybridized carbons (Fsp3) is 0.0690. The molecule has 306 valence electrons. The largest absolute Gasteiger partial charge is 0.458 e. The van der Waals surface area contributed by atoms with Gasteiger partial charge in [0.25, 0.3) is 6.33 Å². The van der Waals surface area contributed by atoms with E-state index in [1.807, 2.05) is 125 Å². The van der Waals surface area contributed by atoms with Crippen molar-refractivity contribution in [1.82, 2.24) is 14.1 Å². The summed E-state index contributed by atoms with van der Waals surface area (Å²) in [6.45, 7) is 6.62. The van der Waals surface area contributed by atoms with E-state index in [0.29, 0.717) is 28.3 Å². The van der Waals surface area contributed by atoms with Gasteiger partial charge in [-0.05, 0) is 82.3 Å². The lowest BCUT2D eigenvalue weighted by atomic mass is 9.88. The molecule has 0 saturated heterocycles. The standard InChI is InChI=1S/C58H42N4O2/c1-58(2,3)39-32-33-59-55(34-39)62-50-26-9-7-20-44(50)45-31-30-42(36-53(45)62)63-41-19-13-18-40(35-41)60-37-61(52-28-11-10-27-51(52)60)56-43(38-16-5-4-6-17-38)22-14-23-47(56)49-25-15-24-48-46-21-8-12-29-54(46)64-57(48)49/h4-36H,1-3H3/i4D,5D,6D,16D,17D. The topological polar surface area (TPSA) is 49.0 Å². The van der Waals surface area contributed by atoms with Crippen LogP contribution in [0.5, 0.6) is 11.5 Å². The molecule has 12 rings (SSSR count). The molecule has 0 fully saturated rings. The highest BCUT2D eigenvalue weighted by molar-refractivity contribution is 6.11. The third-order valence-corrected chi connectivity index (χ3v) is 12.1. The first-order valence-electron chi connectivity index (χ1n) is 23.8. The molecule has 4 aromatic heterocycles. The van der Waals surface area contributed by atoms with E-state index < -0.39 is 18.1 Å². The summed E-state index contributed by atoms with van der Waals surface area (Å²) in [4.78, 5) is 4.86. The van der Waals surface area contributed by atoms with Crippen LogP contribution in [0.15, 0.2) is 205 Å². The highest BCUT2D eigenvalue weighted by Crippen LogP contribution is 2.41. The van der Waals surface area contributed by atoms with Crippen LogP contribution in [0, 0.1) is 6.33 Å². The molecule has 6 nitrogen and oxygen atoms in total. The third-order valence-electron chi connectivity index (χ3n) is 12.1. The number of aromatic nitrogens is 4. The van der Waals surface area contributed by atoms with Crippen molar-refractivity contribution in [3.8, 4) is 50.9 Å². The zero-order valence-corrected chi connectivity index (χ0v) is 35.3. The highest BCUT2D eigenvalue weighted by Gasteiger charge is 2.23. The van der Waals surface area contributed by atoms with Crippen molar-refractivity contribution in [3.05, 3.63) is 212 Å². The number of furan rings is 1. The highest BCUT2D eigenvalue weighted by atomic mass is 16.5. The summed E-state index contributed by atoms with van der Waals surface area (Å²) >= 11 is 0. The lowest BCUT2D eigenvalue weighted by Crippen LogP contribution is -2.31. The van der Waals surface area contributed by atoms with E-state index >= 15 is 0 Å². The Kier molecular flexibility index (Phi) is 7.47. The number of rotatable bonds is 7. The molecule has 6 heteroatoms. The smallest absolute Gasteiger partial charge is 0.269 e. The van der Waals surface area contributed by atoms with Gasteiger partial charge in [-0.25, -0.2) is 4.98 Å². The number of benzene rings is 8. The van der Waals surface area contributed by atoms with E-state index in [2.05, 4.69) is 80.2 Å². The Labute approximate surface area is 377 Å². The molecule has 64 heavy (non-hydrogen) atoms. The molecule has 12 aromatic rings. The van der Waals surface area contributed by atoms with Crippen LogP contribution in [0.1, 0.15) is 33.2 Å². The third kappa shape index (κ3) is 6.17. The Bertz CT molecular complexity index is 4040. The zero-order valence-electron chi connectivity index (χ0n) is 40.3. The van der Waals surface area contributed by atoms with E-state index in [4.69, 9.17) is 21.0 Å². The number of para-hydroxylation sites is 6. The SMILES string of the molecule is [2H]c1c([2H])c([2H])c(-c2cccc(-c3cccc4c3oc3ccccc34)c2-[n+]2[c-]n(-c3cccc(Oc4ccc5c6ccccc6n(-c6cc(C(C)(C)C)ccn6)c5c4)c3)c3ccccc32)c([2H])c1[2H]. The van der Waals surface area contributed by atoms with Crippen molar-refractivity contribution in [1.29, 1.82) is 0 Å². The maximum atomic E-state index is 9.15. The fourth-order valence-corrected chi connectivity index (χ4v) is 9.05. The van der Waals surface area contributed by atoms with Crippen LogP contribution >= 0.6 is 0 Å². The molecule has 8 aromatic carbocycles. The van der Waals surface area contributed by atoms with Gasteiger partial charge in [0.2, 0.25) is 0 Å². The molecular formula is C58H42N4O2. The first-order valence-corrected chi connectivity index (χ1v) is 21.3. The summed E-state index contributed by atoms with van der Waals surface area (Å²) in [5.41, 5.74) is 9.50. The van der Waals surface area contributed by atoms with Gasteiger partial charge in [0.1, 0.15) is 28.5 Å². The minimum Gasteiger partial charge on any atom is -0.458 e. The lowest BCUT2D eigenvalue weighted by Gasteiger charge is -2.20. The van der Waals surface area contributed by atoms with Crippen molar-refractivity contribution in [2.75, 3.05) is 0 Å². The maximum absolute atomic E-state index is 9.15. The Morgan fingerprint density at radius 1 is 0.609 bits per heavy atom. The summed E-state index contributed by atoms with van der Waals surface area (Å²) in [6, 6.07) is 52.2.